The van der Waals surface area contributed by atoms with Gasteiger partial charge in [-0.15, -0.1) is 0 Å². The van der Waals surface area contributed by atoms with E-state index in [0.717, 1.165) is 5.56 Å². The highest BCUT2D eigenvalue weighted by atomic mass is 19.3. The SMILES string of the molecule is CC(C)C(NC(=O)OCc1ccccc1)C(O)C(F)(F)CNC(=O)OC(C)(C)C. The van der Waals surface area contributed by atoms with Gasteiger partial charge >= 0.3 is 12.2 Å². The fourth-order valence-electron chi connectivity index (χ4n) is 2.38. The van der Waals surface area contributed by atoms with Crippen molar-refractivity contribution in [3.05, 3.63) is 35.9 Å². The number of carbonyl (C=O) groups is 2. The van der Waals surface area contributed by atoms with E-state index in [1.807, 2.05) is 11.4 Å². The van der Waals surface area contributed by atoms with Crippen molar-refractivity contribution in [2.24, 2.45) is 5.92 Å². The molecule has 7 nitrogen and oxygen atoms in total. The molecule has 0 saturated carbocycles. The van der Waals surface area contributed by atoms with Crippen LogP contribution < -0.4 is 10.6 Å². The van der Waals surface area contributed by atoms with Crippen LogP contribution in [0.25, 0.3) is 0 Å². The normalized spacial score (nSPS) is 14.1. The van der Waals surface area contributed by atoms with Gasteiger partial charge in [0.2, 0.25) is 0 Å². The van der Waals surface area contributed by atoms with Gasteiger partial charge in [0, 0.05) is 0 Å². The van der Waals surface area contributed by atoms with E-state index in [2.05, 4.69) is 5.32 Å². The zero-order chi connectivity index (χ0) is 22.2. The van der Waals surface area contributed by atoms with E-state index in [0.29, 0.717) is 0 Å². The lowest BCUT2D eigenvalue weighted by atomic mass is 9.94. The van der Waals surface area contributed by atoms with Crippen LogP contribution in [0, 0.1) is 5.92 Å². The Hall–Kier alpha value is -2.42. The second-order valence-electron chi connectivity index (χ2n) is 8.04. The number of aliphatic hydroxyl groups excluding tert-OH is 1. The number of alkyl halides is 2. The van der Waals surface area contributed by atoms with Crippen molar-refractivity contribution in [1.29, 1.82) is 0 Å². The molecule has 0 aliphatic rings. The fraction of sp³-hybridized carbons (Fsp3) is 0.600. The lowest BCUT2D eigenvalue weighted by Crippen LogP contribution is -2.57. The van der Waals surface area contributed by atoms with Crippen molar-refractivity contribution in [3.8, 4) is 0 Å². The number of rotatable bonds is 8. The number of carbonyl (C=O) groups excluding carboxylic acids is 2. The summed E-state index contributed by atoms with van der Waals surface area (Å²) >= 11 is 0. The summed E-state index contributed by atoms with van der Waals surface area (Å²) in [5.74, 6) is -4.24. The molecule has 2 amide bonds. The van der Waals surface area contributed by atoms with E-state index >= 15 is 0 Å². The van der Waals surface area contributed by atoms with Crippen molar-refractivity contribution in [1.82, 2.24) is 10.6 Å². The van der Waals surface area contributed by atoms with Gasteiger partial charge in [-0.3, -0.25) is 0 Å². The standard InChI is InChI=1S/C20H30F2N2O5/c1-13(2)15(24-18(27)28-11-14-9-7-6-8-10-14)16(25)20(21,22)12-23-17(26)29-19(3,4)5/h6-10,13,15-16,25H,11-12H2,1-5H3,(H,23,26)(H,24,27). The summed E-state index contributed by atoms with van der Waals surface area (Å²) in [6, 6.07) is 7.55. The number of hydrogen-bond acceptors (Lipinski definition) is 5. The molecular weight excluding hydrogens is 386 g/mol. The lowest BCUT2D eigenvalue weighted by Gasteiger charge is -2.32. The highest BCUT2D eigenvalue weighted by molar-refractivity contribution is 5.68. The summed E-state index contributed by atoms with van der Waals surface area (Å²) in [5, 5.41) is 14.4. The van der Waals surface area contributed by atoms with E-state index < -0.39 is 48.3 Å². The van der Waals surface area contributed by atoms with E-state index in [-0.39, 0.29) is 6.61 Å². The van der Waals surface area contributed by atoms with E-state index in [4.69, 9.17) is 9.47 Å². The summed E-state index contributed by atoms with van der Waals surface area (Å²) in [7, 11) is 0. The first-order valence-electron chi connectivity index (χ1n) is 9.32. The van der Waals surface area contributed by atoms with Crippen molar-refractivity contribution < 1.29 is 33.0 Å². The highest BCUT2D eigenvalue weighted by Crippen LogP contribution is 2.24. The molecule has 164 valence electrons. The van der Waals surface area contributed by atoms with Crippen LogP contribution in [0.15, 0.2) is 30.3 Å². The Bertz CT molecular complexity index is 663. The average Bonchev–Trinajstić information content (AvgIpc) is 2.61. The van der Waals surface area contributed by atoms with Crippen LogP contribution in [0.2, 0.25) is 0 Å². The quantitative estimate of drug-likeness (QED) is 0.603. The molecular formula is C20H30F2N2O5. The van der Waals surface area contributed by atoms with E-state index in [1.165, 1.54) is 0 Å². The Kier molecular flexibility index (Phi) is 8.81. The van der Waals surface area contributed by atoms with Crippen LogP contribution in [0.3, 0.4) is 0 Å². The monoisotopic (exact) mass is 416 g/mol. The Balaban J connectivity index is 2.65. The van der Waals surface area contributed by atoms with Gasteiger partial charge in [0.05, 0.1) is 12.6 Å². The molecule has 0 spiro atoms. The molecule has 1 aromatic carbocycles. The highest BCUT2D eigenvalue weighted by Gasteiger charge is 2.45. The molecule has 0 bridgehead atoms. The zero-order valence-corrected chi connectivity index (χ0v) is 17.4. The number of ether oxygens (including phenoxy) is 2. The number of alkyl carbamates (subject to hydrolysis) is 2. The fourth-order valence-corrected chi connectivity index (χ4v) is 2.38. The van der Waals surface area contributed by atoms with Gasteiger partial charge in [-0.05, 0) is 32.3 Å². The minimum atomic E-state index is -3.71. The Morgan fingerprint density at radius 2 is 1.69 bits per heavy atom. The van der Waals surface area contributed by atoms with Crippen LogP contribution in [0.4, 0.5) is 18.4 Å². The second-order valence-corrected chi connectivity index (χ2v) is 8.04. The Morgan fingerprint density at radius 1 is 1.10 bits per heavy atom. The van der Waals surface area contributed by atoms with Crippen LogP contribution in [0.5, 0.6) is 0 Å². The molecule has 0 fully saturated rings. The zero-order valence-electron chi connectivity index (χ0n) is 17.4. The largest absolute Gasteiger partial charge is 0.445 e. The van der Waals surface area contributed by atoms with Crippen molar-refractivity contribution in [3.63, 3.8) is 0 Å². The van der Waals surface area contributed by atoms with E-state index in [9.17, 15) is 23.5 Å². The number of aliphatic hydroxyl groups is 1. The first-order chi connectivity index (χ1) is 13.3. The molecule has 0 aromatic heterocycles. The topological polar surface area (TPSA) is 96.9 Å². The minimum absolute atomic E-state index is 0.0375. The predicted molar refractivity (Wildman–Crippen MR) is 104 cm³/mol. The maximum Gasteiger partial charge on any atom is 0.407 e. The predicted octanol–water partition coefficient (Wildman–Crippen LogP) is 3.46. The smallest absolute Gasteiger partial charge is 0.407 e. The molecule has 0 heterocycles. The molecule has 2 atom stereocenters. The summed E-state index contributed by atoms with van der Waals surface area (Å²) in [6.45, 7) is 6.75. The third-order valence-electron chi connectivity index (χ3n) is 3.86. The molecule has 0 aliphatic carbocycles. The molecule has 2 unspecified atom stereocenters. The first kappa shape index (κ1) is 24.6. The Labute approximate surface area is 169 Å². The molecule has 29 heavy (non-hydrogen) atoms. The molecule has 1 aromatic rings. The molecule has 3 N–H and O–H groups in total. The third-order valence-corrected chi connectivity index (χ3v) is 3.86. The van der Waals surface area contributed by atoms with Gasteiger partial charge in [0.15, 0.2) is 0 Å². The van der Waals surface area contributed by atoms with Gasteiger partial charge in [-0.2, -0.15) is 0 Å². The van der Waals surface area contributed by atoms with Crippen LogP contribution in [-0.2, 0) is 16.1 Å². The van der Waals surface area contributed by atoms with Crippen LogP contribution in [0.1, 0.15) is 40.2 Å². The maximum atomic E-state index is 14.4. The molecule has 1 rings (SSSR count). The van der Waals surface area contributed by atoms with Crippen LogP contribution in [-0.4, -0.2) is 47.5 Å². The maximum absolute atomic E-state index is 14.4. The summed E-state index contributed by atoms with van der Waals surface area (Å²) < 4.78 is 38.8. The van der Waals surface area contributed by atoms with Gasteiger partial charge < -0.3 is 25.2 Å². The number of amides is 2. The van der Waals surface area contributed by atoms with Crippen LogP contribution >= 0.6 is 0 Å². The first-order valence-corrected chi connectivity index (χ1v) is 9.32. The third kappa shape index (κ3) is 9.08. The van der Waals surface area contributed by atoms with Gasteiger partial charge in [0.25, 0.3) is 5.92 Å². The van der Waals surface area contributed by atoms with Gasteiger partial charge in [-0.25, -0.2) is 18.4 Å². The lowest BCUT2D eigenvalue weighted by molar-refractivity contribution is -0.123. The van der Waals surface area contributed by atoms with Crippen molar-refractivity contribution in [2.45, 2.75) is 64.9 Å². The van der Waals surface area contributed by atoms with Gasteiger partial charge in [-0.1, -0.05) is 44.2 Å². The van der Waals surface area contributed by atoms with Crippen molar-refractivity contribution in [2.75, 3.05) is 6.54 Å². The van der Waals surface area contributed by atoms with Gasteiger partial charge in [0.1, 0.15) is 18.3 Å². The Morgan fingerprint density at radius 3 is 2.21 bits per heavy atom. The summed E-state index contributed by atoms with van der Waals surface area (Å²) in [5.41, 5.74) is -0.112. The second kappa shape index (κ2) is 10.4. The van der Waals surface area contributed by atoms with Crippen molar-refractivity contribution >= 4 is 12.2 Å². The molecule has 0 radical (unpaired) electrons. The molecule has 0 aliphatic heterocycles. The molecule has 9 heteroatoms. The van der Waals surface area contributed by atoms with E-state index in [1.54, 1.807) is 58.9 Å². The number of hydrogen-bond donors (Lipinski definition) is 3. The number of nitrogens with one attached hydrogen (secondary N) is 2. The minimum Gasteiger partial charge on any atom is -0.445 e. The number of halogens is 2. The summed E-state index contributed by atoms with van der Waals surface area (Å²) in [4.78, 5) is 23.6. The summed E-state index contributed by atoms with van der Waals surface area (Å²) in [6.07, 6.45) is -4.20. The number of benzene rings is 1. The molecule has 0 saturated heterocycles. The average molecular weight is 416 g/mol.